The fraction of sp³-hybridized carbons (Fsp3) is 0.300. The summed E-state index contributed by atoms with van der Waals surface area (Å²) in [4.78, 5) is 0. The predicted octanol–water partition coefficient (Wildman–Crippen LogP) is 4.47. The molecule has 0 saturated heterocycles. The number of fused-ring (bicyclic) bond motifs is 3. The van der Waals surface area contributed by atoms with E-state index in [1.165, 1.54) is 22.3 Å². The molecule has 2 N–H and O–H groups in total. The molecule has 0 unspecified atom stereocenters. The normalized spacial score (nSPS) is 31.5. The summed E-state index contributed by atoms with van der Waals surface area (Å²) in [5, 5.41) is 16.8. The largest absolute Gasteiger partial charge is 0.310 e. The van der Waals surface area contributed by atoms with E-state index in [1.54, 1.807) is 0 Å². The Hall–Kier alpha value is -2.22. The van der Waals surface area contributed by atoms with Gasteiger partial charge >= 0.3 is 0 Å². The minimum atomic E-state index is -0.0495. The van der Waals surface area contributed by atoms with Gasteiger partial charge in [-0.15, -0.1) is 0 Å². The van der Waals surface area contributed by atoms with Gasteiger partial charge in [0, 0.05) is 22.3 Å². The highest BCUT2D eigenvalue weighted by atomic mass is 14.7. The first-order chi connectivity index (χ1) is 10.7. The van der Waals surface area contributed by atoms with E-state index in [4.69, 9.17) is 10.8 Å². The van der Waals surface area contributed by atoms with Crippen molar-refractivity contribution in [3.05, 3.63) is 59.7 Å². The first kappa shape index (κ1) is 12.3. The lowest BCUT2D eigenvalue weighted by Gasteiger charge is -2.46. The zero-order valence-corrected chi connectivity index (χ0v) is 12.4. The summed E-state index contributed by atoms with van der Waals surface area (Å²) in [6.45, 7) is 0. The molecule has 0 bridgehead atoms. The zero-order valence-electron chi connectivity index (χ0n) is 12.4. The molecule has 2 aromatic rings. The van der Waals surface area contributed by atoms with Gasteiger partial charge < -0.3 is 10.8 Å². The quantitative estimate of drug-likeness (QED) is 0.718. The first-order valence-electron chi connectivity index (χ1n) is 7.98. The molecular weight excluding hydrogens is 268 g/mol. The molecular formula is C20H18N2. The van der Waals surface area contributed by atoms with E-state index >= 15 is 0 Å². The van der Waals surface area contributed by atoms with Crippen LogP contribution < -0.4 is 0 Å². The highest BCUT2D eigenvalue weighted by Gasteiger charge is 2.65. The van der Waals surface area contributed by atoms with Crippen LogP contribution in [-0.2, 0) is 10.8 Å². The van der Waals surface area contributed by atoms with Gasteiger partial charge in [0.25, 0.3) is 0 Å². The maximum atomic E-state index is 8.41. The number of hydrogen-bond acceptors (Lipinski definition) is 2. The van der Waals surface area contributed by atoms with Crippen LogP contribution in [0.25, 0.3) is 11.1 Å². The van der Waals surface area contributed by atoms with Crippen molar-refractivity contribution in [3.8, 4) is 11.1 Å². The van der Waals surface area contributed by atoms with Crippen LogP contribution in [0.1, 0.15) is 36.8 Å². The third-order valence-electron chi connectivity index (χ3n) is 6.15. The van der Waals surface area contributed by atoms with Gasteiger partial charge in [0.1, 0.15) is 0 Å². The predicted molar refractivity (Wildman–Crippen MR) is 89.2 cm³/mol. The van der Waals surface area contributed by atoms with Gasteiger partial charge in [-0.2, -0.15) is 0 Å². The summed E-state index contributed by atoms with van der Waals surface area (Å²) < 4.78 is 0. The van der Waals surface area contributed by atoms with Crippen LogP contribution in [0.15, 0.2) is 48.5 Å². The topological polar surface area (TPSA) is 47.7 Å². The third kappa shape index (κ3) is 1.19. The van der Waals surface area contributed by atoms with Crippen molar-refractivity contribution in [1.82, 2.24) is 0 Å². The lowest BCUT2D eigenvalue weighted by molar-refractivity contribution is 0.299. The third-order valence-corrected chi connectivity index (χ3v) is 6.15. The van der Waals surface area contributed by atoms with Crippen molar-refractivity contribution in [1.29, 1.82) is 10.8 Å². The van der Waals surface area contributed by atoms with Gasteiger partial charge in [0.05, 0.1) is 0 Å². The standard InChI is InChI=1S/C20H18N2/c21-13-9-19-10-14(22)12-20(19,11-13)18-8-4-2-6-16(18)15-5-1-3-7-17(15)19/h1-8,21-22H,9-12H2. The van der Waals surface area contributed by atoms with Crippen LogP contribution in [-0.4, -0.2) is 11.4 Å². The molecule has 0 spiro atoms. The van der Waals surface area contributed by atoms with Gasteiger partial charge in [-0.3, -0.25) is 0 Å². The Morgan fingerprint density at radius 1 is 0.591 bits per heavy atom. The molecule has 2 saturated carbocycles. The smallest absolute Gasteiger partial charge is 0.0167 e. The molecule has 2 heteroatoms. The maximum absolute atomic E-state index is 8.41. The van der Waals surface area contributed by atoms with E-state index in [1.807, 2.05) is 0 Å². The second-order valence-corrected chi connectivity index (χ2v) is 7.17. The lowest BCUT2D eigenvalue weighted by Crippen LogP contribution is -2.43. The molecule has 0 radical (unpaired) electrons. The lowest BCUT2D eigenvalue weighted by atomic mass is 9.55. The van der Waals surface area contributed by atoms with Crippen LogP contribution in [0.2, 0.25) is 0 Å². The summed E-state index contributed by atoms with van der Waals surface area (Å²) in [7, 11) is 0. The molecule has 108 valence electrons. The molecule has 22 heavy (non-hydrogen) atoms. The Morgan fingerprint density at radius 2 is 0.955 bits per heavy atom. The molecule has 3 aliphatic carbocycles. The van der Waals surface area contributed by atoms with Crippen molar-refractivity contribution in [2.75, 3.05) is 0 Å². The van der Waals surface area contributed by atoms with Crippen molar-refractivity contribution in [2.24, 2.45) is 0 Å². The number of benzene rings is 2. The Morgan fingerprint density at radius 3 is 1.36 bits per heavy atom. The van der Waals surface area contributed by atoms with Gasteiger partial charge in [0.2, 0.25) is 0 Å². The molecule has 5 rings (SSSR count). The van der Waals surface area contributed by atoms with Crippen molar-refractivity contribution >= 4 is 11.4 Å². The summed E-state index contributed by atoms with van der Waals surface area (Å²) in [5.74, 6) is 0. The summed E-state index contributed by atoms with van der Waals surface area (Å²) in [5.41, 5.74) is 7.00. The van der Waals surface area contributed by atoms with Crippen molar-refractivity contribution < 1.29 is 0 Å². The highest BCUT2D eigenvalue weighted by molar-refractivity contribution is 6.00. The molecule has 0 amide bonds. The van der Waals surface area contributed by atoms with Crippen LogP contribution >= 0.6 is 0 Å². The fourth-order valence-corrected chi connectivity index (χ4v) is 5.55. The van der Waals surface area contributed by atoms with Crippen LogP contribution in [0, 0.1) is 10.8 Å². The fourth-order valence-electron chi connectivity index (χ4n) is 5.55. The highest BCUT2D eigenvalue weighted by Crippen LogP contribution is 2.67. The molecule has 2 fully saturated rings. The molecule has 0 heterocycles. The second kappa shape index (κ2) is 3.75. The van der Waals surface area contributed by atoms with Crippen LogP contribution in [0.5, 0.6) is 0 Å². The van der Waals surface area contributed by atoms with Gasteiger partial charge in [0.15, 0.2) is 0 Å². The number of hydrogen-bond donors (Lipinski definition) is 2. The summed E-state index contributed by atoms with van der Waals surface area (Å²) in [6.07, 6.45) is 3.28. The zero-order chi connectivity index (χ0) is 14.9. The van der Waals surface area contributed by atoms with E-state index < -0.39 is 0 Å². The number of rotatable bonds is 0. The molecule has 2 aromatic carbocycles. The van der Waals surface area contributed by atoms with Crippen molar-refractivity contribution in [3.63, 3.8) is 0 Å². The Balaban J connectivity index is 1.96. The average molecular weight is 286 g/mol. The van der Waals surface area contributed by atoms with Gasteiger partial charge in [-0.1, -0.05) is 48.5 Å². The van der Waals surface area contributed by atoms with Gasteiger partial charge in [-0.25, -0.2) is 0 Å². The molecule has 2 nitrogen and oxygen atoms in total. The van der Waals surface area contributed by atoms with Crippen LogP contribution in [0.3, 0.4) is 0 Å². The average Bonchev–Trinajstić information content (AvgIpc) is 2.96. The minimum absolute atomic E-state index is 0.0495. The monoisotopic (exact) mass is 286 g/mol. The van der Waals surface area contributed by atoms with E-state index in [2.05, 4.69) is 48.5 Å². The maximum Gasteiger partial charge on any atom is 0.0167 e. The minimum Gasteiger partial charge on any atom is -0.310 e. The molecule has 0 aromatic heterocycles. The van der Waals surface area contributed by atoms with E-state index in [0.29, 0.717) is 0 Å². The molecule has 3 aliphatic rings. The number of nitrogens with one attached hydrogen (secondary N) is 2. The summed E-state index contributed by atoms with van der Waals surface area (Å²) in [6, 6.07) is 17.4. The SMILES string of the molecule is N=C1CC23CC(=N)CC2(C1)c1ccccc1-c1ccccc13. The molecule has 0 aliphatic heterocycles. The van der Waals surface area contributed by atoms with E-state index in [-0.39, 0.29) is 10.8 Å². The Labute approximate surface area is 130 Å². The van der Waals surface area contributed by atoms with E-state index in [0.717, 1.165) is 37.1 Å². The Kier molecular flexibility index (Phi) is 2.10. The second-order valence-electron chi connectivity index (χ2n) is 7.17. The Bertz CT molecular complexity index is 759. The first-order valence-corrected chi connectivity index (χ1v) is 7.98. The van der Waals surface area contributed by atoms with Crippen LogP contribution in [0.4, 0.5) is 0 Å². The van der Waals surface area contributed by atoms with E-state index in [9.17, 15) is 0 Å². The molecule has 0 atom stereocenters. The summed E-state index contributed by atoms with van der Waals surface area (Å²) >= 11 is 0. The van der Waals surface area contributed by atoms with Crippen molar-refractivity contribution in [2.45, 2.75) is 36.5 Å². The van der Waals surface area contributed by atoms with Gasteiger partial charge in [-0.05, 0) is 47.9 Å².